The van der Waals surface area contributed by atoms with Crippen molar-refractivity contribution in [1.82, 2.24) is 0 Å². The van der Waals surface area contributed by atoms with Gasteiger partial charge in [-0.1, -0.05) is 13.0 Å². The zero-order chi connectivity index (χ0) is 20.9. The Balaban J connectivity index is 1.23. The summed E-state index contributed by atoms with van der Waals surface area (Å²) >= 11 is 0. The van der Waals surface area contributed by atoms with Gasteiger partial charge >= 0.3 is 5.97 Å². The maximum Gasteiger partial charge on any atom is 0.306 e. The van der Waals surface area contributed by atoms with Crippen LogP contribution < -0.4 is 9.47 Å². The fourth-order valence-electron chi connectivity index (χ4n) is 3.86. The summed E-state index contributed by atoms with van der Waals surface area (Å²) in [5, 5.41) is 1.12. The summed E-state index contributed by atoms with van der Waals surface area (Å²) in [6, 6.07) is 12.0. The van der Waals surface area contributed by atoms with Crippen molar-refractivity contribution in [3.63, 3.8) is 0 Å². The van der Waals surface area contributed by atoms with Crippen molar-refractivity contribution in [2.75, 3.05) is 13.2 Å². The number of benzene rings is 2. The normalized spacial score (nSPS) is 15.2. The van der Waals surface area contributed by atoms with Gasteiger partial charge in [0.25, 0.3) is 0 Å². The number of ether oxygens (including phenoxy) is 3. The molecule has 1 aromatic heterocycles. The van der Waals surface area contributed by atoms with Crippen LogP contribution in [0.15, 0.2) is 47.1 Å². The van der Waals surface area contributed by atoms with Gasteiger partial charge in [0.05, 0.1) is 19.5 Å². The molecule has 0 saturated heterocycles. The molecule has 0 amide bonds. The molecule has 30 heavy (non-hydrogen) atoms. The van der Waals surface area contributed by atoms with E-state index in [0.29, 0.717) is 19.6 Å². The molecule has 5 heteroatoms. The zero-order valence-electron chi connectivity index (χ0n) is 17.6. The Kier molecular flexibility index (Phi) is 6.26. The van der Waals surface area contributed by atoms with Crippen LogP contribution in [0.2, 0.25) is 0 Å². The molecule has 4 rings (SSSR count). The molecule has 1 heterocycles. The lowest BCUT2D eigenvalue weighted by Gasteiger charge is -2.14. The Hall–Kier alpha value is -2.95. The number of hydrogen-bond acceptors (Lipinski definition) is 5. The van der Waals surface area contributed by atoms with Gasteiger partial charge in [0.1, 0.15) is 23.2 Å². The fraction of sp³-hybridized carbons (Fsp3) is 0.400. The van der Waals surface area contributed by atoms with E-state index in [1.807, 2.05) is 44.2 Å². The van der Waals surface area contributed by atoms with Gasteiger partial charge in [-0.15, -0.1) is 0 Å². The molecule has 0 radical (unpaired) electrons. The van der Waals surface area contributed by atoms with Gasteiger partial charge in [0, 0.05) is 24.3 Å². The van der Waals surface area contributed by atoms with Crippen LogP contribution in [0, 0.1) is 6.92 Å². The molecule has 3 aromatic rings. The molecule has 158 valence electrons. The molecule has 1 aliphatic carbocycles. The highest BCUT2D eigenvalue weighted by atomic mass is 16.5. The molecule has 0 fully saturated rings. The highest BCUT2D eigenvalue weighted by Gasteiger charge is 2.25. The number of carbonyl (C=O) groups excluding carboxylic acids is 1. The minimum Gasteiger partial charge on any atom is -0.493 e. The number of esters is 1. The molecule has 0 spiro atoms. The van der Waals surface area contributed by atoms with Crippen LogP contribution in [0.5, 0.6) is 11.5 Å². The first-order valence-corrected chi connectivity index (χ1v) is 10.7. The predicted molar refractivity (Wildman–Crippen MR) is 115 cm³/mol. The summed E-state index contributed by atoms with van der Waals surface area (Å²) in [4.78, 5) is 11.8. The van der Waals surface area contributed by atoms with E-state index in [1.165, 1.54) is 5.56 Å². The SMILES string of the molecule is CCCC(=O)O[C@H]1CCc2cc(OCCCOc3ccc4c(C)coc4c3)ccc21. The number of hydrogen-bond donors (Lipinski definition) is 0. The second-order valence-corrected chi connectivity index (χ2v) is 7.75. The van der Waals surface area contributed by atoms with Crippen LogP contribution in [0.1, 0.15) is 55.4 Å². The van der Waals surface area contributed by atoms with E-state index in [0.717, 1.165) is 59.3 Å². The summed E-state index contributed by atoms with van der Waals surface area (Å²) in [6.45, 7) is 5.17. The van der Waals surface area contributed by atoms with E-state index in [9.17, 15) is 4.79 Å². The van der Waals surface area contributed by atoms with Crippen molar-refractivity contribution in [2.45, 2.75) is 52.1 Å². The zero-order valence-corrected chi connectivity index (χ0v) is 17.6. The maximum atomic E-state index is 11.8. The average molecular weight is 408 g/mol. The first kappa shape index (κ1) is 20.3. The highest BCUT2D eigenvalue weighted by Crippen LogP contribution is 2.36. The summed E-state index contributed by atoms with van der Waals surface area (Å²) in [5.74, 6) is 1.54. The van der Waals surface area contributed by atoms with Crippen LogP contribution in [0.3, 0.4) is 0 Å². The number of rotatable bonds is 9. The quantitative estimate of drug-likeness (QED) is 0.325. The Morgan fingerprint density at radius 2 is 1.87 bits per heavy atom. The van der Waals surface area contributed by atoms with Gasteiger partial charge in [0.15, 0.2) is 0 Å². The Labute approximate surface area is 176 Å². The van der Waals surface area contributed by atoms with E-state index in [1.54, 1.807) is 6.26 Å². The molecule has 0 N–H and O–H groups in total. The van der Waals surface area contributed by atoms with Gasteiger partial charge < -0.3 is 18.6 Å². The second-order valence-electron chi connectivity index (χ2n) is 7.75. The van der Waals surface area contributed by atoms with Crippen molar-refractivity contribution >= 4 is 16.9 Å². The fourth-order valence-corrected chi connectivity index (χ4v) is 3.86. The number of fused-ring (bicyclic) bond motifs is 2. The van der Waals surface area contributed by atoms with Gasteiger partial charge in [-0.3, -0.25) is 4.79 Å². The third kappa shape index (κ3) is 4.61. The molecule has 1 aliphatic rings. The van der Waals surface area contributed by atoms with Crippen molar-refractivity contribution in [3.05, 3.63) is 59.4 Å². The van der Waals surface area contributed by atoms with Gasteiger partial charge in [-0.05, 0) is 67.1 Å². The Bertz CT molecular complexity index is 1020. The molecular formula is C25H28O5. The first-order chi connectivity index (χ1) is 14.6. The smallest absolute Gasteiger partial charge is 0.306 e. The number of furan rings is 1. The van der Waals surface area contributed by atoms with Gasteiger partial charge in [-0.25, -0.2) is 0 Å². The van der Waals surface area contributed by atoms with E-state index in [4.69, 9.17) is 18.6 Å². The lowest BCUT2D eigenvalue weighted by atomic mass is 10.1. The number of carbonyl (C=O) groups is 1. The van der Waals surface area contributed by atoms with Crippen molar-refractivity contribution in [2.24, 2.45) is 0 Å². The average Bonchev–Trinajstić information content (AvgIpc) is 3.31. The molecule has 0 bridgehead atoms. The van der Waals surface area contributed by atoms with E-state index < -0.39 is 0 Å². The third-order valence-electron chi connectivity index (χ3n) is 5.43. The summed E-state index contributed by atoms with van der Waals surface area (Å²) in [5.41, 5.74) is 4.29. The molecule has 1 atom stereocenters. The second kappa shape index (κ2) is 9.24. The topological polar surface area (TPSA) is 57.9 Å². The largest absolute Gasteiger partial charge is 0.493 e. The summed E-state index contributed by atoms with van der Waals surface area (Å²) in [6.07, 6.45) is 5.48. The highest BCUT2D eigenvalue weighted by molar-refractivity contribution is 5.82. The van der Waals surface area contributed by atoms with Crippen LogP contribution in [-0.4, -0.2) is 19.2 Å². The monoisotopic (exact) mass is 408 g/mol. The van der Waals surface area contributed by atoms with Crippen molar-refractivity contribution < 1.29 is 23.4 Å². The minimum absolute atomic E-state index is 0.114. The molecule has 2 aromatic carbocycles. The van der Waals surface area contributed by atoms with E-state index in [-0.39, 0.29) is 12.1 Å². The van der Waals surface area contributed by atoms with Crippen molar-refractivity contribution in [1.29, 1.82) is 0 Å². The standard InChI is InChI=1S/C25H28O5/c1-3-5-25(26)30-23-11-6-18-14-19(8-10-22(18)23)27-12-4-13-28-20-7-9-21-17(2)16-29-24(21)15-20/h7-10,14-16,23H,3-6,11-13H2,1-2H3/t23-/m0/s1. The lowest BCUT2D eigenvalue weighted by molar-refractivity contribution is -0.149. The lowest BCUT2D eigenvalue weighted by Crippen LogP contribution is -2.08. The predicted octanol–water partition coefficient (Wildman–Crippen LogP) is 5.92. The van der Waals surface area contributed by atoms with Gasteiger partial charge in [0.2, 0.25) is 0 Å². The molecule has 5 nitrogen and oxygen atoms in total. The van der Waals surface area contributed by atoms with Crippen LogP contribution in [0.4, 0.5) is 0 Å². The molecule has 0 unspecified atom stereocenters. The first-order valence-electron chi connectivity index (χ1n) is 10.7. The molecule has 0 saturated carbocycles. The van der Waals surface area contributed by atoms with Crippen LogP contribution >= 0.6 is 0 Å². The molecular weight excluding hydrogens is 380 g/mol. The maximum absolute atomic E-state index is 11.8. The summed E-state index contributed by atoms with van der Waals surface area (Å²) < 4.78 is 22.8. The minimum atomic E-state index is -0.114. The summed E-state index contributed by atoms with van der Waals surface area (Å²) in [7, 11) is 0. The molecule has 0 aliphatic heterocycles. The van der Waals surface area contributed by atoms with Crippen LogP contribution in [0.25, 0.3) is 11.0 Å². The van der Waals surface area contributed by atoms with E-state index >= 15 is 0 Å². The van der Waals surface area contributed by atoms with Crippen molar-refractivity contribution in [3.8, 4) is 11.5 Å². The van der Waals surface area contributed by atoms with Crippen LogP contribution in [-0.2, 0) is 16.0 Å². The Morgan fingerprint density at radius 1 is 1.10 bits per heavy atom. The van der Waals surface area contributed by atoms with Gasteiger partial charge in [-0.2, -0.15) is 0 Å². The Morgan fingerprint density at radius 3 is 2.67 bits per heavy atom. The third-order valence-corrected chi connectivity index (χ3v) is 5.43. The number of aryl methyl sites for hydroxylation is 2. The van der Waals surface area contributed by atoms with E-state index in [2.05, 4.69) is 6.07 Å².